The summed E-state index contributed by atoms with van der Waals surface area (Å²) >= 11 is 1.84. The van der Waals surface area contributed by atoms with Crippen LogP contribution < -0.4 is 4.74 Å². The molecule has 6 nitrogen and oxygen atoms in total. The minimum Gasteiger partial charge on any atom is -0.484 e. The van der Waals surface area contributed by atoms with Crippen molar-refractivity contribution in [2.24, 2.45) is 0 Å². The fourth-order valence-electron chi connectivity index (χ4n) is 5.22. The summed E-state index contributed by atoms with van der Waals surface area (Å²) in [6.07, 6.45) is 1.53. The zero-order valence-electron chi connectivity index (χ0n) is 20.8. The highest BCUT2D eigenvalue weighted by Crippen LogP contribution is 2.38. The van der Waals surface area contributed by atoms with Crippen molar-refractivity contribution in [3.63, 3.8) is 0 Å². The van der Waals surface area contributed by atoms with Gasteiger partial charge in [0, 0.05) is 50.6 Å². The highest BCUT2D eigenvalue weighted by molar-refractivity contribution is 7.10. The van der Waals surface area contributed by atoms with E-state index in [1.54, 1.807) is 4.90 Å². The average molecular weight is 504 g/mol. The average Bonchev–Trinajstić information content (AvgIpc) is 3.40. The number of hydrogen-bond acceptors (Lipinski definition) is 5. The van der Waals surface area contributed by atoms with E-state index in [0.717, 1.165) is 19.5 Å². The van der Waals surface area contributed by atoms with Crippen LogP contribution in [0.15, 0.2) is 66.0 Å². The van der Waals surface area contributed by atoms with Crippen LogP contribution in [-0.4, -0.2) is 72.4 Å². The topological polar surface area (TPSA) is 53.1 Å². The number of nitrogens with zero attached hydrogens (tertiary/aromatic N) is 3. The van der Waals surface area contributed by atoms with Gasteiger partial charge >= 0.3 is 0 Å². The highest BCUT2D eigenvalue weighted by Gasteiger charge is 2.31. The van der Waals surface area contributed by atoms with Crippen molar-refractivity contribution in [3.8, 4) is 5.75 Å². The number of hydrogen-bond donors (Lipinski definition) is 0. The molecule has 0 spiro atoms. The van der Waals surface area contributed by atoms with Gasteiger partial charge in [0.25, 0.3) is 5.91 Å². The minimum atomic E-state index is -0.0353. The molecule has 0 unspecified atom stereocenters. The molecule has 36 heavy (non-hydrogen) atoms. The van der Waals surface area contributed by atoms with Crippen molar-refractivity contribution < 1.29 is 14.3 Å². The lowest BCUT2D eigenvalue weighted by atomic mass is 9.90. The molecule has 0 bridgehead atoms. The van der Waals surface area contributed by atoms with Crippen LogP contribution >= 0.6 is 11.3 Å². The number of benzene rings is 2. The van der Waals surface area contributed by atoms with Crippen LogP contribution in [0.4, 0.5) is 0 Å². The van der Waals surface area contributed by atoms with E-state index < -0.39 is 0 Å². The predicted octanol–water partition coefficient (Wildman–Crippen LogP) is 4.14. The quantitative estimate of drug-likeness (QED) is 0.486. The van der Waals surface area contributed by atoms with E-state index in [1.807, 2.05) is 46.6 Å². The normalized spacial score (nSPS) is 18.1. The SMILES string of the molecule is Cc1ccccc1[C@H]1c2ccsc2CCN1CCC(=O)N1CCN(C(=O)COc2ccccc2)CC1. The van der Waals surface area contributed by atoms with Gasteiger partial charge in [0.15, 0.2) is 6.61 Å². The Bertz CT molecular complexity index is 1190. The fourth-order valence-corrected chi connectivity index (χ4v) is 6.13. The summed E-state index contributed by atoms with van der Waals surface area (Å²) in [5, 5.41) is 2.19. The zero-order chi connectivity index (χ0) is 24.9. The van der Waals surface area contributed by atoms with Crippen molar-refractivity contribution in [2.45, 2.75) is 25.8 Å². The Morgan fingerprint density at radius 3 is 2.31 bits per heavy atom. The van der Waals surface area contributed by atoms with Gasteiger partial charge < -0.3 is 14.5 Å². The van der Waals surface area contributed by atoms with E-state index in [1.165, 1.54) is 21.6 Å². The lowest BCUT2D eigenvalue weighted by Gasteiger charge is -2.38. The summed E-state index contributed by atoms with van der Waals surface area (Å²) in [6.45, 7) is 6.15. The highest BCUT2D eigenvalue weighted by atomic mass is 32.1. The molecular formula is C29H33N3O3S. The molecule has 0 saturated carbocycles. The lowest BCUT2D eigenvalue weighted by Crippen LogP contribution is -2.52. The third-order valence-corrected chi connectivity index (χ3v) is 8.25. The predicted molar refractivity (Wildman–Crippen MR) is 142 cm³/mol. The number of carbonyl (C=O) groups excluding carboxylic acids is 2. The Morgan fingerprint density at radius 2 is 1.56 bits per heavy atom. The second-order valence-electron chi connectivity index (χ2n) is 9.46. The molecule has 188 valence electrons. The van der Waals surface area contributed by atoms with Gasteiger partial charge in [-0.3, -0.25) is 14.5 Å². The van der Waals surface area contributed by atoms with Gasteiger partial charge in [0.2, 0.25) is 5.91 Å². The maximum absolute atomic E-state index is 13.1. The van der Waals surface area contributed by atoms with E-state index in [4.69, 9.17) is 4.74 Å². The van der Waals surface area contributed by atoms with E-state index in [-0.39, 0.29) is 24.5 Å². The molecule has 3 heterocycles. The first-order valence-electron chi connectivity index (χ1n) is 12.7. The summed E-state index contributed by atoms with van der Waals surface area (Å²) in [5.74, 6) is 0.824. The van der Waals surface area contributed by atoms with Gasteiger partial charge in [0.1, 0.15) is 5.75 Å². The number of amides is 2. The molecule has 3 aromatic rings. The van der Waals surface area contributed by atoms with Crippen LogP contribution in [0.2, 0.25) is 0 Å². The number of rotatable bonds is 7. The van der Waals surface area contributed by atoms with Crippen molar-refractivity contribution in [1.82, 2.24) is 14.7 Å². The number of aryl methyl sites for hydroxylation is 1. The molecule has 5 rings (SSSR count). The molecule has 1 saturated heterocycles. The van der Waals surface area contributed by atoms with Gasteiger partial charge in [-0.2, -0.15) is 0 Å². The molecule has 2 aliphatic rings. The molecule has 1 atom stereocenters. The third-order valence-electron chi connectivity index (χ3n) is 7.25. The monoisotopic (exact) mass is 503 g/mol. The van der Waals surface area contributed by atoms with Crippen LogP contribution in [0, 0.1) is 6.92 Å². The first-order valence-corrected chi connectivity index (χ1v) is 13.6. The molecule has 7 heteroatoms. The summed E-state index contributed by atoms with van der Waals surface area (Å²) in [6, 6.07) is 20.4. The molecular weight excluding hydrogens is 470 g/mol. The molecule has 2 aromatic carbocycles. The van der Waals surface area contributed by atoms with Crippen molar-refractivity contribution in [3.05, 3.63) is 87.6 Å². The number of piperazine rings is 1. The number of carbonyl (C=O) groups is 2. The molecule has 0 aliphatic carbocycles. The van der Waals surface area contributed by atoms with Gasteiger partial charge in [-0.25, -0.2) is 0 Å². The fraction of sp³-hybridized carbons (Fsp3) is 0.379. The van der Waals surface area contributed by atoms with Gasteiger partial charge in [-0.05, 0) is 53.6 Å². The van der Waals surface area contributed by atoms with Crippen LogP contribution in [0.25, 0.3) is 0 Å². The first kappa shape index (κ1) is 24.5. The second kappa shape index (κ2) is 11.3. The van der Waals surface area contributed by atoms with Crippen LogP contribution in [0.1, 0.15) is 34.0 Å². The summed E-state index contributed by atoms with van der Waals surface area (Å²) in [5.41, 5.74) is 4.00. The van der Waals surface area contributed by atoms with Crippen LogP contribution in [0.3, 0.4) is 0 Å². The Hall–Kier alpha value is -3.16. The smallest absolute Gasteiger partial charge is 0.260 e. The second-order valence-corrected chi connectivity index (χ2v) is 10.5. The van der Waals surface area contributed by atoms with E-state index in [2.05, 4.69) is 47.5 Å². The summed E-state index contributed by atoms with van der Waals surface area (Å²) in [4.78, 5) is 33.3. The maximum Gasteiger partial charge on any atom is 0.260 e. The van der Waals surface area contributed by atoms with Gasteiger partial charge in [0.05, 0.1) is 6.04 Å². The lowest BCUT2D eigenvalue weighted by molar-refractivity contribution is -0.140. The molecule has 1 fully saturated rings. The number of fused-ring (bicyclic) bond motifs is 1. The summed E-state index contributed by atoms with van der Waals surface area (Å²) < 4.78 is 5.60. The molecule has 0 radical (unpaired) electrons. The number of ether oxygens (including phenoxy) is 1. The van der Waals surface area contributed by atoms with E-state index >= 15 is 0 Å². The largest absolute Gasteiger partial charge is 0.484 e. The van der Waals surface area contributed by atoms with Crippen molar-refractivity contribution >= 4 is 23.2 Å². The van der Waals surface area contributed by atoms with Gasteiger partial charge in [-0.1, -0.05) is 42.5 Å². The van der Waals surface area contributed by atoms with Crippen molar-refractivity contribution in [2.75, 3.05) is 45.9 Å². The van der Waals surface area contributed by atoms with Crippen LogP contribution in [0.5, 0.6) is 5.75 Å². The Kier molecular flexibility index (Phi) is 7.68. The Morgan fingerprint density at radius 1 is 0.861 bits per heavy atom. The Labute approximate surface area is 217 Å². The standard InChI is InChI=1S/C29H33N3O3S/c1-22-7-5-6-10-24(22)29-25-13-20-36-26(25)11-14-32(29)15-12-27(33)30-16-18-31(19-17-30)28(34)21-35-23-8-3-2-4-9-23/h2-10,13,20,29H,11-12,14-19,21H2,1H3/t29-/m0/s1. The maximum atomic E-state index is 13.1. The zero-order valence-corrected chi connectivity index (χ0v) is 21.6. The molecule has 1 aromatic heterocycles. The molecule has 2 amide bonds. The number of para-hydroxylation sites is 1. The first-order chi connectivity index (χ1) is 17.6. The summed E-state index contributed by atoms with van der Waals surface area (Å²) in [7, 11) is 0. The van der Waals surface area contributed by atoms with Crippen molar-refractivity contribution in [1.29, 1.82) is 0 Å². The number of thiophene rings is 1. The van der Waals surface area contributed by atoms with E-state index in [0.29, 0.717) is 38.3 Å². The third kappa shape index (κ3) is 5.47. The molecule has 0 N–H and O–H groups in total. The molecule has 2 aliphatic heterocycles. The Balaban J connectivity index is 1.14. The minimum absolute atomic E-state index is 0.0256. The van der Waals surface area contributed by atoms with Crippen LogP contribution in [-0.2, 0) is 16.0 Å². The van der Waals surface area contributed by atoms with Gasteiger partial charge in [-0.15, -0.1) is 11.3 Å². The van der Waals surface area contributed by atoms with E-state index in [9.17, 15) is 9.59 Å².